The van der Waals surface area contributed by atoms with Crippen LogP contribution < -0.4 is 0 Å². The molecule has 0 saturated carbocycles. The Balaban J connectivity index is 1.92. The number of nitrogens with zero attached hydrogens (tertiary/aromatic N) is 3. The summed E-state index contributed by atoms with van der Waals surface area (Å²) in [7, 11) is 0. The van der Waals surface area contributed by atoms with Crippen LogP contribution in [0.25, 0.3) is 32.9 Å². The van der Waals surface area contributed by atoms with E-state index in [-0.39, 0.29) is 5.75 Å². The van der Waals surface area contributed by atoms with Crippen molar-refractivity contribution in [3.8, 4) is 16.9 Å². The topological polar surface area (TPSA) is 89.2 Å². The first kappa shape index (κ1) is 14.1. The fraction of sp³-hybridized carbons (Fsp3) is 0. The SMILES string of the molecule is O=[N+]([O-])c1cnc2ccc(-c3cnc4ccccc4c3)cc2c1O. The molecule has 0 radical (unpaired) electrons. The Bertz CT molecular complexity index is 1110. The minimum Gasteiger partial charge on any atom is -0.502 e. The zero-order valence-corrected chi connectivity index (χ0v) is 12.4. The smallest absolute Gasteiger partial charge is 0.329 e. The van der Waals surface area contributed by atoms with Crippen LogP contribution in [0.5, 0.6) is 5.75 Å². The highest BCUT2D eigenvalue weighted by Crippen LogP contribution is 2.35. The molecule has 24 heavy (non-hydrogen) atoms. The number of aromatic hydroxyl groups is 1. The maximum Gasteiger partial charge on any atom is 0.329 e. The summed E-state index contributed by atoms with van der Waals surface area (Å²) < 4.78 is 0. The number of hydrogen-bond acceptors (Lipinski definition) is 5. The lowest BCUT2D eigenvalue weighted by Gasteiger charge is -2.06. The molecule has 0 amide bonds. The van der Waals surface area contributed by atoms with Crippen molar-refractivity contribution in [3.63, 3.8) is 0 Å². The lowest BCUT2D eigenvalue weighted by atomic mass is 10.0. The molecular weight excluding hydrogens is 306 g/mol. The van der Waals surface area contributed by atoms with Gasteiger partial charge < -0.3 is 5.11 Å². The average Bonchev–Trinajstić information content (AvgIpc) is 2.61. The molecule has 6 heteroatoms. The number of para-hydroxylation sites is 1. The van der Waals surface area contributed by atoms with Crippen molar-refractivity contribution >= 4 is 27.5 Å². The van der Waals surface area contributed by atoms with Gasteiger partial charge in [0.05, 0.1) is 16.0 Å². The van der Waals surface area contributed by atoms with Crippen LogP contribution in [0, 0.1) is 10.1 Å². The van der Waals surface area contributed by atoms with Crippen molar-refractivity contribution < 1.29 is 10.0 Å². The molecule has 116 valence electrons. The molecule has 2 aromatic carbocycles. The van der Waals surface area contributed by atoms with E-state index in [2.05, 4.69) is 9.97 Å². The van der Waals surface area contributed by atoms with Gasteiger partial charge in [0, 0.05) is 22.5 Å². The maximum absolute atomic E-state index is 11.0. The fourth-order valence-electron chi connectivity index (χ4n) is 2.71. The lowest BCUT2D eigenvalue weighted by molar-refractivity contribution is -0.386. The minimum atomic E-state index is -0.647. The minimum absolute atomic E-state index is 0.342. The van der Waals surface area contributed by atoms with E-state index in [1.54, 1.807) is 18.3 Å². The molecule has 0 unspecified atom stereocenters. The summed E-state index contributed by atoms with van der Waals surface area (Å²) in [4.78, 5) is 18.8. The van der Waals surface area contributed by atoms with E-state index in [9.17, 15) is 15.2 Å². The molecule has 6 nitrogen and oxygen atoms in total. The van der Waals surface area contributed by atoms with Crippen molar-refractivity contribution in [2.75, 3.05) is 0 Å². The van der Waals surface area contributed by atoms with Gasteiger partial charge >= 0.3 is 5.69 Å². The third kappa shape index (κ3) is 2.21. The number of nitro groups is 1. The summed E-state index contributed by atoms with van der Waals surface area (Å²) in [6.07, 6.45) is 2.81. The van der Waals surface area contributed by atoms with Crippen molar-refractivity contribution in [2.45, 2.75) is 0 Å². The second-order valence-corrected chi connectivity index (χ2v) is 5.40. The number of aromatic nitrogens is 2. The molecule has 4 aromatic rings. The summed E-state index contributed by atoms with van der Waals surface area (Å²) in [5, 5.41) is 22.5. The number of benzene rings is 2. The number of hydrogen-bond donors (Lipinski definition) is 1. The van der Waals surface area contributed by atoms with Crippen molar-refractivity contribution in [1.82, 2.24) is 9.97 Å². The van der Waals surface area contributed by atoms with Gasteiger partial charge in [0.2, 0.25) is 5.75 Å². The first-order valence-corrected chi connectivity index (χ1v) is 7.25. The molecule has 0 fully saturated rings. The second kappa shape index (κ2) is 5.27. The summed E-state index contributed by atoms with van der Waals surface area (Å²) in [6.45, 7) is 0. The predicted octanol–water partition coefficient (Wildman–Crippen LogP) is 4.06. The maximum atomic E-state index is 11.0. The Hall–Kier alpha value is -3.54. The van der Waals surface area contributed by atoms with E-state index < -0.39 is 10.6 Å². The van der Waals surface area contributed by atoms with E-state index in [0.29, 0.717) is 10.9 Å². The van der Waals surface area contributed by atoms with Crippen molar-refractivity contribution in [3.05, 3.63) is 71.0 Å². The first-order chi connectivity index (χ1) is 11.6. The van der Waals surface area contributed by atoms with E-state index in [0.717, 1.165) is 28.2 Å². The van der Waals surface area contributed by atoms with Crippen LogP contribution in [0.15, 0.2) is 60.9 Å². The summed E-state index contributed by atoms with van der Waals surface area (Å²) in [5.74, 6) is -0.374. The molecule has 2 aromatic heterocycles. The van der Waals surface area contributed by atoms with Crippen LogP contribution >= 0.6 is 0 Å². The van der Waals surface area contributed by atoms with Crippen LogP contribution in [0.2, 0.25) is 0 Å². The predicted molar refractivity (Wildman–Crippen MR) is 90.8 cm³/mol. The Morgan fingerprint density at radius 1 is 0.917 bits per heavy atom. The highest BCUT2D eigenvalue weighted by molar-refractivity contribution is 5.92. The molecule has 0 saturated heterocycles. The highest BCUT2D eigenvalue weighted by atomic mass is 16.6. The number of fused-ring (bicyclic) bond motifs is 2. The average molecular weight is 317 g/mol. The van der Waals surface area contributed by atoms with E-state index >= 15 is 0 Å². The van der Waals surface area contributed by atoms with Crippen molar-refractivity contribution in [1.29, 1.82) is 0 Å². The number of pyridine rings is 2. The van der Waals surface area contributed by atoms with E-state index in [1.165, 1.54) is 0 Å². The molecule has 0 spiro atoms. The lowest BCUT2D eigenvalue weighted by Crippen LogP contribution is -1.91. The molecule has 0 aliphatic carbocycles. The van der Waals surface area contributed by atoms with Gasteiger partial charge in [-0.3, -0.25) is 15.1 Å². The monoisotopic (exact) mass is 317 g/mol. The first-order valence-electron chi connectivity index (χ1n) is 7.25. The van der Waals surface area contributed by atoms with Gasteiger partial charge in [-0.05, 0) is 29.8 Å². The summed E-state index contributed by atoms with van der Waals surface area (Å²) >= 11 is 0. The summed E-state index contributed by atoms with van der Waals surface area (Å²) in [5.41, 5.74) is 2.65. The van der Waals surface area contributed by atoms with Crippen LogP contribution in [-0.4, -0.2) is 20.0 Å². The zero-order chi connectivity index (χ0) is 16.7. The highest BCUT2D eigenvalue weighted by Gasteiger charge is 2.17. The molecular formula is C18H11N3O3. The van der Waals surface area contributed by atoms with Gasteiger partial charge in [0.1, 0.15) is 6.20 Å². The van der Waals surface area contributed by atoms with Crippen LogP contribution in [0.1, 0.15) is 0 Å². The molecule has 2 heterocycles. The van der Waals surface area contributed by atoms with Gasteiger partial charge in [0.25, 0.3) is 0 Å². The van der Waals surface area contributed by atoms with Gasteiger partial charge in [0.15, 0.2) is 0 Å². The van der Waals surface area contributed by atoms with Gasteiger partial charge in [-0.2, -0.15) is 0 Å². The summed E-state index contributed by atoms with van der Waals surface area (Å²) in [6, 6.07) is 15.0. The third-order valence-corrected chi connectivity index (χ3v) is 3.94. The fourth-order valence-corrected chi connectivity index (χ4v) is 2.71. The second-order valence-electron chi connectivity index (χ2n) is 5.40. The van der Waals surface area contributed by atoms with Crippen molar-refractivity contribution in [2.24, 2.45) is 0 Å². The zero-order valence-electron chi connectivity index (χ0n) is 12.4. The number of rotatable bonds is 2. The Morgan fingerprint density at radius 3 is 2.54 bits per heavy atom. The van der Waals surface area contributed by atoms with Gasteiger partial charge in [-0.15, -0.1) is 0 Å². The van der Waals surface area contributed by atoms with Gasteiger partial charge in [-0.1, -0.05) is 24.3 Å². The van der Waals surface area contributed by atoms with E-state index in [4.69, 9.17) is 0 Å². The van der Waals surface area contributed by atoms with Gasteiger partial charge in [-0.25, -0.2) is 4.98 Å². The Morgan fingerprint density at radius 2 is 1.71 bits per heavy atom. The van der Waals surface area contributed by atoms with Crippen LogP contribution in [0.4, 0.5) is 5.69 Å². The molecule has 0 aliphatic rings. The Labute approximate surface area is 136 Å². The molecule has 1 N–H and O–H groups in total. The largest absolute Gasteiger partial charge is 0.502 e. The van der Waals surface area contributed by atoms with Crippen LogP contribution in [0.3, 0.4) is 0 Å². The molecule has 0 aliphatic heterocycles. The standard InChI is InChI=1S/C18H11N3O3/c22-18-14-8-11(5-6-16(14)20-10-17(18)21(23)24)13-7-12-3-1-2-4-15(12)19-9-13/h1-10H,(H,20,22). The quantitative estimate of drug-likeness (QED) is 0.445. The Kier molecular flexibility index (Phi) is 3.09. The molecule has 4 rings (SSSR count). The van der Waals surface area contributed by atoms with Crippen LogP contribution in [-0.2, 0) is 0 Å². The third-order valence-electron chi connectivity index (χ3n) is 3.94. The normalized spacial score (nSPS) is 11.0. The van der Waals surface area contributed by atoms with E-state index in [1.807, 2.05) is 36.4 Å². The molecule has 0 bridgehead atoms. The molecule has 0 atom stereocenters.